The van der Waals surface area contributed by atoms with E-state index in [1.807, 2.05) is 52.4 Å². The summed E-state index contributed by atoms with van der Waals surface area (Å²) in [7, 11) is 1.80. The summed E-state index contributed by atoms with van der Waals surface area (Å²) < 4.78 is 3.75. The number of nitrogens with one attached hydrogen (secondary N) is 1. The van der Waals surface area contributed by atoms with Crippen molar-refractivity contribution in [2.24, 2.45) is 0 Å². The predicted molar refractivity (Wildman–Crippen MR) is 152 cm³/mol. The molecule has 0 fully saturated rings. The van der Waals surface area contributed by atoms with E-state index in [0.717, 1.165) is 45.3 Å². The summed E-state index contributed by atoms with van der Waals surface area (Å²) in [4.78, 5) is 34.9. The lowest BCUT2D eigenvalue weighted by atomic mass is 10.1. The minimum atomic E-state index is 0.0539. The molecule has 0 bridgehead atoms. The molecular formula is C26H29IN8O2. The Hall–Kier alpha value is -3.61. The number of hydrogen-bond acceptors (Lipinski definition) is 6. The first kappa shape index (κ1) is 26.5. The molecule has 6 heterocycles. The summed E-state index contributed by atoms with van der Waals surface area (Å²) in [5, 5.41) is 12.0. The normalized spacial score (nSPS) is 13.9. The van der Waals surface area contributed by atoms with E-state index in [2.05, 4.69) is 48.1 Å². The van der Waals surface area contributed by atoms with Crippen LogP contribution in [-0.4, -0.2) is 53.3 Å². The maximum atomic E-state index is 11.7. The number of amides is 2. The quantitative estimate of drug-likeness (QED) is 0.268. The lowest BCUT2D eigenvalue weighted by Gasteiger charge is -2.24. The highest BCUT2D eigenvalue weighted by Gasteiger charge is 2.26. The van der Waals surface area contributed by atoms with Crippen molar-refractivity contribution in [2.45, 2.75) is 39.8 Å². The number of aryl methyl sites for hydroxylation is 2. The topological polar surface area (TPSA) is 111 Å². The van der Waals surface area contributed by atoms with Crippen LogP contribution in [0.25, 0.3) is 22.5 Å². The number of rotatable bonds is 2. The second-order valence-corrected chi connectivity index (χ2v) is 8.55. The van der Waals surface area contributed by atoms with Crippen LogP contribution < -0.4 is 10.2 Å². The van der Waals surface area contributed by atoms with Crippen LogP contribution in [0.5, 0.6) is 0 Å². The number of aromatic nitrogens is 6. The molecule has 0 saturated carbocycles. The van der Waals surface area contributed by atoms with E-state index >= 15 is 0 Å². The van der Waals surface area contributed by atoms with Crippen molar-refractivity contribution in [3.05, 3.63) is 60.2 Å². The molecule has 0 aromatic carbocycles. The van der Waals surface area contributed by atoms with Crippen LogP contribution >= 0.6 is 22.6 Å². The van der Waals surface area contributed by atoms with Gasteiger partial charge in [-0.2, -0.15) is 10.2 Å². The fraction of sp³-hybridized carbons (Fsp3) is 0.308. The zero-order valence-corrected chi connectivity index (χ0v) is 23.4. The largest absolute Gasteiger partial charge is 0.311 e. The number of carbonyl (C=O) groups excluding carboxylic acids is 2. The molecule has 0 saturated heterocycles. The average molecular weight is 612 g/mol. The molecule has 192 valence electrons. The summed E-state index contributed by atoms with van der Waals surface area (Å²) in [5.41, 5.74) is 5.76. The van der Waals surface area contributed by atoms with Gasteiger partial charge in [-0.05, 0) is 43.0 Å². The molecule has 1 N–H and O–H groups in total. The minimum absolute atomic E-state index is 0.0539. The van der Waals surface area contributed by atoms with E-state index < -0.39 is 0 Å². The van der Waals surface area contributed by atoms with Crippen molar-refractivity contribution >= 4 is 46.0 Å². The molecule has 2 aliphatic rings. The molecule has 0 aliphatic carbocycles. The van der Waals surface area contributed by atoms with Gasteiger partial charge in [-0.25, -0.2) is 9.36 Å². The van der Waals surface area contributed by atoms with Crippen LogP contribution in [0, 0.1) is 13.8 Å². The first-order valence-electron chi connectivity index (χ1n) is 11.8. The maximum Gasteiger partial charge on any atom is 0.229 e. The maximum absolute atomic E-state index is 11.7. The van der Waals surface area contributed by atoms with E-state index in [4.69, 9.17) is 0 Å². The molecule has 0 atom stereocenters. The van der Waals surface area contributed by atoms with Crippen LogP contribution in [0.1, 0.15) is 24.0 Å². The Balaban J connectivity index is 0.000000162. The van der Waals surface area contributed by atoms with E-state index in [0.29, 0.717) is 25.9 Å². The average Bonchev–Trinajstić information content (AvgIpc) is 3.45. The standard InChI is InChI=1S/C13H14N4O.C12H12N4O.CH3I/c1-9-12(10-4-3-6-14-8-10)15-17-7-5-11(18)16(2)13(9)17;1-8-11(9-3-2-5-13-7-9)15-16-6-4-10(17)14-12(8)16;1-2/h3-4,6,8H,5,7H2,1-2H3;2-3,5,7H,4,6H2,1H3,(H,14,17);1H3. The summed E-state index contributed by atoms with van der Waals surface area (Å²) in [6, 6.07) is 7.72. The van der Waals surface area contributed by atoms with Gasteiger partial charge < -0.3 is 5.32 Å². The summed E-state index contributed by atoms with van der Waals surface area (Å²) in [6.45, 7) is 5.25. The number of alkyl halides is 1. The minimum Gasteiger partial charge on any atom is -0.311 e. The number of hydrogen-bond donors (Lipinski definition) is 1. The SMILES string of the molecule is CI.Cc1c(-c2cccnc2)nn2c1N(C)C(=O)CC2.Cc1c(-c2cccnc2)nn2c1NC(=O)CC2. The molecule has 0 spiro atoms. The van der Waals surface area contributed by atoms with Crippen LogP contribution in [0.4, 0.5) is 11.6 Å². The third-order valence-corrected chi connectivity index (χ3v) is 6.25. The van der Waals surface area contributed by atoms with Gasteiger partial charge in [-0.1, -0.05) is 22.6 Å². The number of nitrogens with zero attached hydrogens (tertiary/aromatic N) is 7. The van der Waals surface area contributed by atoms with Crippen molar-refractivity contribution in [1.82, 2.24) is 29.5 Å². The van der Waals surface area contributed by atoms with Gasteiger partial charge in [0.1, 0.15) is 11.6 Å². The van der Waals surface area contributed by atoms with E-state index in [-0.39, 0.29) is 11.8 Å². The van der Waals surface area contributed by atoms with Crippen LogP contribution in [0.2, 0.25) is 0 Å². The molecule has 11 heteroatoms. The number of carbonyl (C=O) groups is 2. The van der Waals surface area contributed by atoms with Crippen LogP contribution in [0.3, 0.4) is 0 Å². The van der Waals surface area contributed by atoms with E-state index in [1.54, 1.807) is 36.7 Å². The van der Waals surface area contributed by atoms with Gasteiger partial charge in [0.05, 0.1) is 24.5 Å². The van der Waals surface area contributed by atoms with Gasteiger partial charge in [-0.3, -0.25) is 24.5 Å². The van der Waals surface area contributed by atoms with Crippen LogP contribution in [-0.2, 0) is 22.7 Å². The van der Waals surface area contributed by atoms with Gasteiger partial charge in [0.15, 0.2) is 0 Å². The van der Waals surface area contributed by atoms with Gasteiger partial charge >= 0.3 is 0 Å². The fourth-order valence-electron chi connectivity index (χ4n) is 4.44. The smallest absolute Gasteiger partial charge is 0.229 e. The Morgan fingerprint density at radius 3 is 2.00 bits per heavy atom. The zero-order valence-electron chi connectivity index (χ0n) is 21.3. The highest BCUT2D eigenvalue weighted by atomic mass is 127. The lowest BCUT2D eigenvalue weighted by Crippen LogP contribution is -2.34. The van der Waals surface area contributed by atoms with E-state index in [9.17, 15) is 9.59 Å². The van der Waals surface area contributed by atoms with Gasteiger partial charge in [0.2, 0.25) is 11.8 Å². The van der Waals surface area contributed by atoms with Crippen molar-refractivity contribution in [3.8, 4) is 22.5 Å². The lowest BCUT2D eigenvalue weighted by molar-refractivity contribution is -0.119. The third kappa shape index (κ3) is 5.41. The number of halogens is 1. The summed E-state index contributed by atoms with van der Waals surface area (Å²) in [5.74, 6) is 1.90. The Kier molecular flexibility index (Phi) is 8.31. The molecule has 6 rings (SSSR count). The van der Waals surface area contributed by atoms with Crippen molar-refractivity contribution < 1.29 is 9.59 Å². The van der Waals surface area contributed by atoms with Gasteiger partial charge in [0, 0.05) is 66.9 Å². The molecule has 2 amide bonds. The first-order chi connectivity index (χ1) is 17.9. The summed E-state index contributed by atoms with van der Waals surface area (Å²) in [6.07, 6.45) is 8.05. The van der Waals surface area contributed by atoms with Crippen molar-refractivity contribution in [3.63, 3.8) is 0 Å². The second-order valence-electron chi connectivity index (χ2n) is 8.55. The van der Waals surface area contributed by atoms with Crippen molar-refractivity contribution in [2.75, 3.05) is 22.2 Å². The Morgan fingerprint density at radius 1 is 0.838 bits per heavy atom. The predicted octanol–water partition coefficient (Wildman–Crippen LogP) is 4.27. The monoisotopic (exact) mass is 612 g/mol. The molecule has 10 nitrogen and oxygen atoms in total. The molecule has 0 unspecified atom stereocenters. The third-order valence-electron chi connectivity index (χ3n) is 6.25. The molecular weight excluding hydrogens is 583 g/mol. The highest BCUT2D eigenvalue weighted by molar-refractivity contribution is 14.1. The molecule has 37 heavy (non-hydrogen) atoms. The number of pyridine rings is 2. The van der Waals surface area contributed by atoms with Crippen LogP contribution in [0.15, 0.2) is 49.1 Å². The zero-order chi connectivity index (χ0) is 26.5. The Morgan fingerprint density at radius 2 is 1.41 bits per heavy atom. The number of fused-ring (bicyclic) bond motifs is 2. The summed E-state index contributed by atoms with van der Waals surface area (Å²) >= 11 is 2.15. The highest BCUT2D eigenvalue weighted by Crippen LogP contribution is 2.32. The van der Waals surface area contributed by atoms with Gasteiger partial charge in [-0.15, -0.1) is 0 Å². The second kappa shape index (κ2) is 11.6. The molecule has 0 radical (unpaired) electrons. The Bertz CT molecular complexity index is 1400. The number of anilines is 2. The van der Waals surface area contributed by atoms with Crippen molar-refractivity contribution in [1.29, 1.82) is 0 Å². The molecule has 4 aromatic rings. The fourth-order valence-corrected chi connectivity index (χ4v) is 4.44. The molecule has 2 aliphatic heterocycles. The molecule has 4 aromatic heterocycles. The van der Waals surface area contributed by atoms with E-state index in [1.165, 1.54) is 0 Å². The Labute approximate surface area is 229 Å². The first-order valence-corrected chi connectivity index (χ1v) is 14.0. The van der Waals surface area contributed by atoms with Gasteiger partial charge in [0.25, 0.3) is 0 Å².